The Bertz CT molecular complexity index is 496. The molecular formula is C17H24N2O2. The van der Waals surface area contributed by atoms with Crippen LogP contribution in [0.5, 0.6) is 0 Å². The van der Waals surface area contributed by atoms with Gasteiger partial charge in [0.2, 0.25) is 5.91 Å². The molecule has 2 rings (SSSR count). The normalized spacial score (nSPS) is 18.6. The third-order valence-corrected chi connectivity index (χ3v) is 4.07. The summed E-state index contributed by atoms with van der Waals surface area (Å²) in [4.78, 5) is 26.2. The number of nitrogens with zero attached hydrogens (tertiary/aromatic N) is 1. The number of carbonyl (C=O) groups is 2. The van der Waals surface area contributed by atoms with Crippen LogP contribution in [0.25, 0.3) is 0 Å². The van der Waals surface area contributed by atoms with E-state index < -0.39 is 0 Å². The average Bonchev–Trinajstić information content (AvgIpc) is 2.52. The highest BCUT2D eigenvalue weighted by atomic mass is 16.2. The lowest BCUT2D eigenvalue weighted by Gasteiger charge is -2.34. The van der Waals surface area contributed by atoms with E-state index >= 15 is 0 Å². The van der Waals surface area contributed by atoms with E-state index in [1.165, 1.54) is 5.56 Å². The molecule has 0 unspecified atom stereocenters. The van der Waals surface area contributed by atoms with Crippen molar-refractivity contribution in [2.75, 3.05) is 19.6 Å². The number of carbonyl (C=O) groups excluding carboxylic acids is 2. The molecule has 1 fully saturated rings. The number of Topliss-reactive ketones (excluding diaryl/α,β-unsaturated/α-hetero) is 1. The Balaban J connectivity index is 1.86. The number of hydrogen-bond acceptors (Lipinski definition) is 3. The van der Waals surface area contributed by atoms with E-state index in [0.29, 0.717) is 18.4 Å². The average molecular weight is 288 g/mol. The van der Waals surface area contributed by atoms with Crippen molar-refractivity contribution in [2.24, 2.45) is 0 Å². The Morgan fingerprint density at radius 2 is 1.95 bits per heavy atom. The molecule has 1 aromatic carbocycles. The van der Waals surface area contributed by atoms with Gasteiger partial charge in [-0.3, -0.25) is 9.59 Å². The highest BCUT2D eigenvalue weighted by Gasteiger charge is 2.23. The van der Waals surface area contributed by atoms with E-state index in [0.717, 1.165) is 26.1 Å². The first-order valence-electron chi connectivity index (χ1n) is 7.74. The molecule has 0 aromatic heterocycles. The van der Waals surface area contributed by atoms with Crippen LogP contribution in [-0.2, 0) is 11.2 Å². The van der Waals surface area contributed by atoms with Crippen LogP contribution < -0.4 is 5.32 Å². The summed E-state index contributed by atoms with van der Waals surface area (Å²) in [7, 11) is 0. The third kappa shape index (κ3) is 4.14. The molecule has 1 saturated heterocycles. The maximum absolute atomic E-state index is 12.2. The molecule has 0 bridgehead atoms. The summed E-state index contributed by atoms with van der Waals surface area (Å²) in [6.45, 7) is 6.53. The molecule has 4 nitrogen and oxygen atoms in total. The quantitative estimate of drug-likeness (QED) is 0.844. The largest absolute Gasteiger partial charge is 0.337 e. The smallest absolute Gasteiger partial charge is 0.223 e. The zero-order valence-electron chi connectivity index (χ0n) is 12.9. The van der Waals surface area contributed by atoms with E-state index in [4.69, 9.17) is 0 Å². The summed E-state index contributed by atoms with van der Waals surface area (Å²) in [5.41, 5.74) is 1.92. The molecule has 0 spiro atoms. The number of hydrogen-bond donors (Lipinski definition) is 1. The summed E-state index contributed by atoms with van der Waals surface area (Å²) in [5.74, 6) is 0.135. The molecule has 1 heterocycles. The van der Waals surface area contributed by atoms with Crippen molar-refractivity contribution in [3.8, 4) is 0 Å². The topological polar surface area (TPSA) is 49.4 Å². The van der Waals surface area contributed by atoms with Gasteiger partial charge in [-0.05, 0) is 18.9 Å². The van der Waals surface area contributed by atoms with Crippen LogP contribution in [0, 0.1) is 0 Å². The van der Waals surface area contributed by atoms with Gasteiger partial charge in [0.1, 0.15) is 0 Å². The van der Waals surface area contributed by atoms with Crippen molar-refractivity contribution >= 4 is 11.7 Å². The van der Waals surface area contributed by atoms with Crippen molar-refractivity contribution < 1.29 is 9.59 Å². The van der Waals surface area contributed by atoms with Crippen molar-refractivity contribution in [1.82, 2.24) is 10.2 Å². The number of amides is 1. The Hall–Kier alpha value is -1.68. The van der Waals surface area contributed by atoms with Gasteiger partial charge in [0.25, 0.3) is 0 Å². The van der Waals surface area contributed by atoms with Crippen LogP contribution in [-0.4, -0.2) is 42.3 Å². The maximum atomic E-state index is 12.2. The van der Waals surface area contributed by atoms with Crippen LogP contribution in [0.15, 0.2) is 24.3 Å². The lowest BCUT2D eigenvalue weighted by molar-refractivity contribution is -0.133. The summed E-state index contributed by atoms with van der Waals surface area (Å²) in [5, 5.41) is 3.26. The zero-order valence-corrected chi connectivity index (χ0v) is 12.9. The Kier molecular flexibility index (Phi) is 5.51. The second-order valence-electron chi connectivity index (χ2n) is 5.61. The molecule has 21 heavy (non-hydrogen) atoms. The molecule has 1 aliphatic rings. The third-order valence-electron chi connectivity index (χ3n) is 4.07. The Morgan fingerprint density at radius 1 is 1.24 bits per heavy atom. The van der Waals surface area contributed by atoms with Gasteiger partial charge < -0.3 is 10.2 Å². The number of benzene rings is 1. The molecule has 1 aromatic rings. The molecule has 1 amide bonds. The highest BCUT2D eigenvalue weighted by molar-refractivity contribution is 5.98. The molecule has 0 radical (unpaired) electrons. The fourth-order valence-electron chi connectivity index (χ4n) is 2.65. The summed E-state index contributed by atoms with van der Waals surface area (Å²) in [6, 6.07) is 7.89. The van der Waals surface area contributed by atoms with Crippen LogP contribution in [0.4, 0.5) is 0 Å². The molecule has 1 aliphatic heterocycles. The first kappa shape index (κ1) is 15.7. The predicted octanol–water partition coefficient (Wildman–Crippen LogP) is 2.03. The number of ketones is 1. The first-order valence-corrected chi connectivity index (χ1v) is 7.74. The zero-order chi connectivity index (χ0) is 15.2. The fourth-order valence-corrected chi connectivity index (χ4v) is 2.65. The molecule has 1 N–H and O–H groups in total. The van der Waals surface area contributed by atoms with E-state index in [1.54, 1.807) is 0 Å². The minimum atomic E-state index is 0.0498. The highest BCUT2D eigenvalue weighted by Crippen LogP contribution is 2.11. The molecule has 0 aliphatic carbocycles. The first-order chi connectivity index (χ1) is 10.1. The molecule has 4 heteroatoms. The lowest BCUT2D eigenvalue weighted by Crippen LogP contribution is -2.52. The summed E-state index contributed by atoms with van der Waals surface area (Å²) >= 11 is 0. The van der Waals surface area contributed by atoms with Gasteiger partial charge in [0.05, 0.1) is 0 Å². The van der Waals surface area contributed by atoms with Crippen molar-refractivity contribution in [3.63, 3.8) is 0 Å². The predicted molar refractivity (Wildman–Crippen MR) is 83.4 cm³/mol. The Labute approximate surface area is 126 Å². The standard InChI is InChI=1S/C17H24N2O2/c1-3-14-4-6-15(7-5-14)16(20)8-9-17(21)19-11-10-18-12-13(19)2/h4-7,13,18H,3,8-12H2,1-2H3/t13-/m1/s1. The van der Waals surface area contributed by atoms with Gasteiger partial charge in [-0.15, -0.1) is 0 Å². The number of nitrogens with one attached hydrogen (secondary N) is 1. The summed E-state index contributed by atoms with van der Waals surface area (Å²) in [6.07, 6.45) is 1.56. The van der Waals surface area contributed by atoms with E-state index in [1.807, 2.05) is 36.1 Å². The van der Waals surface area contributed by atoms with Crippen LogP contribution in [0.3, 0.4) is 0 Å². The van der Waals surface area contributed by atoms with Crippen LogP contribution >= 0.6 is 0 Å². The van der Waals surface area contributed by atoms with E-state index in [-0.39, 0.29) is 17.7 Å². The molecule has 0 saturated carbocycles. The second-order valence-corrected chi connectivity index (χ2v) is 5.61. The Morgan fingerprint density at radius 3 is 2.57 bits per heavy atom. The minimum absolute atomic E-state index is 0.0498. The number of aryl methyl sites for hydroxylation is 1. The lowest BCUT2D eigenvalue weighted by atomic mass is 10.0. The molecular weight excluding hydrogens is 264 g/mol. The molecule has 114 valence electrons. The monoisotopic (exact) mass is 288 g/mol. The van der Waals surface area contributed by atoms with Crippen molar-refractivity contribution in [3.05, 3.63) is 35.4 Å². The number of piperazine rings is 1. The second kappa shape index (κ2) is 7.36. The molecule has 1 atom stereocenters. The van der Waals surface area contributed by atoms with Crippen LogP contribution in [0.2, 0.25) is 0 Å². The minimum Gasteiger partial charge on any atom is -0.337 e. The fraction of sp³-hybridized carbons (Fsp3) is 0.529. The van der Waals surface area contributed by atoms with Gasteiger partial charge in [-0.25, -0.2) is 0 Å². The van der Waals surface area contributed by atoms with Crippen LogP contribution in [0.1, 0.15) is 42.6 Å². The van der Waals surface area contributed by atoms with E-state index in [9.17, 15) is 9.59 Å². The van der Waals surface area contributed by atoms with Gasteiger partial charge in [-0.1, -0.05) is 31.2 Å². The summed E-state index contributed by atoms with van der Waals surface area (Å²) < 4.78 is 0. The number of rotatable bonds is 5. The van der Waals surface area contributed by atoms with Gasteiger partial charge in [-0.2, -0.15) is 0 Å². The van der Waals surface area contributed by atoms with E-state index in [2.05, 4.69) is 12.2 Å². The van der Waals surface area contributed by atoms with Crippen molar-refractivity contribution in [2.45, 2.75) is 39.2 Å². The van der Waals surface area contributed by atoms with Gasteiger partial charge in [0.15, 0.2) is 5.78 Å². The SMILES string of the molecule is CCc1ccc(C(=O)CCC(=O)N2CCNC[C@H]2C)cc1. The van der Waals surface area contributed by atoms with Crippen molar-refractivity contribution in [1.29, 1.82) is 0 Å². The van der Waals surface area contributed by atoms with Gasteiger partial charge >= 0.3 is 0 Å². The van der Waals surface area contributed by atoms with Gasteiger partial charge in [0, 0.05) is 44.1 Å². The maximum Gasteiger partial charge on any atom is 0.223 e.